The smallest absolute Gasteiger partial charge is 0.217 e. The molecule has 1 aromatic heterocycles. The maximum absolute atomic E-state index is 10.5. The lowest BCUT2D eigenvalue weighted by Crippen LogP contribution is -2.12. The number of nitrogens with one attached hydrogen (secondary N) is 1. The van der Waals surface area contributed by atoms with Crippen molar-refractivity contribution in [3.05, 3.63) is 77.1 Å². The fraction of sp³-hybridized carbons (Fsp3) is 0.222. The lowest BCUT2D eigenvalue weighted by molar-refractivity contribution is -0.118. The van der Waals surface area contributed by atoms with Gasteiger partial charge in [-0.05, 0) is 24.8 Å². The van der Waals surface area contributed by atoms with Crippen LogP contribution in [0.25, 0.3) is 0 Å². The number of aromatic nitrogens is 2. The van der Waals surface area contributed by atoms with Crippen molar-refractivity contribution in [3.63, 3.8) is 0 Å². The number of halogens is 2. The fourth-order valence-electron chi connectivity index (χ4n) is 1.84. The molecule has 1 aliphatic carbocycles. The van der Waals surface area contributed by atoms with E-state index in [-0.39, 0.29) is 5.91 Å². The van der Waals surface area contributed by atoms with E-state index in [1.165, 1.54) is 0 Å². The molecule has 3 N–H and O–H groups in total. The molecular formula is C18H21Cl2N3O. The van der Waals surface area contributed by atoms with Gasteiger partial charge in [-0.3, -0.25) is 9.89 Å². The number of hydrogen-bond donors (Lipinski definition) is 2. The first-order chi connectivity index (χ1) is 11.6. The summed E-state index contributed by atoms with van der Waals surface area (Å²) < 4.78 is 0. The van der Waals surface area contributed by atoms with Gasteiger partial charge in [0.15, 0.2) is 0 Å². The van der Waals surface area contributed by atoms with Crippen LogP contribution in [0.15, 0.2) is 77.1 Å². The Morgan fingerprint density at radius 2 is 1.75 bits per heavy atom. The second kappa shape index (κ2) is 12.4. The van der Waals surface area contributed by atoms with E-state index < -0.39 is 0 Å². The molecule has 4 nitrogen and oxygen atoms in total. The average Bonchev–Trinajstić information content (AvgIpc) is 3.18. The van der Waals surface area contributed by atoms with E-state index in [0.717, 1.165) is 12.8 Å². The standard InChI is InChI=1S/C9H11Cl2NO.C6H6.C3H4N2/c10-7-3-1-6(5-8(7)11)2-4-9(12)13;1-2-4-6-5-3-1;1-2-4-5-3-1/h3,5-6H,1-2,4H2,(H2,12,13);1-6H;1-3H,(H,4,5). The van der Waals surface area contributed by atoms with Crippen molar-refractivity contribution in [2.24, 2.45) is 11.7 Å². The van der Waals surface area contributed by atoms with Gasteiger partial charge in [0.25, 0.3) is 0 Å². The number of H-pyrrole nitrogens is 1. The van der Waals surface area contributed by atoms with Crippen LogP contribution in [0.5, 0.6) is 0 Å². The van der Waals surface area contributed by atoms with Crippen LogP contribution in [0.4, 0.5) is 0 Å². The molecule has 0 spiro atoms. The number of aromatic amines is 1. The van der Waals surface area contributed by atoms with Crippen molar-refractivity contribution in [2.75, 3.05) is 0 Å². The molecule has 2 aromatic rings. The van der Waals surface area contributed by atoms with Crippen molar-refractivity contribution in [2.45, 2.75) is 19.3 Å². The molecule has 1 amide bonds. The lowest BCUT2D eigenvalue weighted by Gasteiger charge is -2.14. The predicted molar refractivity (Wildman–Crippen MR) is 99.4 cm³/mol. The van der Waals surface area contributed by atoms with Gasteiger partial charge in [-0.2, -0.15) is 5.10 Å². The zero-order valence-corrected chi connectivity index (χ0v) is 14.8. The second-order valence-corrected chi connectivity index (χ2v) is 5.80. The largest absolute Gasteiger partial charge is 0.370 e. The van der Waals surface area contributed by atoms with Gasteiger partial charge in [0, 0.05) is 18.8 Å². The Labute approximate surface area is 152 Å². The Morgan fingerprint density at radius 3 is 2.12 bits per heavy atom. The van der Waals surface area contributed by atoms with Crippen LogP contribution in [0.1, 0.15) is 19.3 Å². The van der Waals surface area contributed by atoms with Crippen molar-refractivity contribution < 1.29 is 4.79 Å². The van der Waals surface area contributed by atoms with E-state index in [1.54, 1.807) is 12.4 Å². The molecule has 0 saturated heterocycles. The molecule has 0 radical (unpaired) electrons. The number of benzene rings is 1. The fourth-order valence-corrected chi connectivity index (χ4v) is 2.24. The number of nitrogens with two attached hydrogens (primary N) is 1. The Balaban J connectivity index is 0.000000213. The van der Waals surface area contributed by atoms with Crippen LogP contribution >= 0.6 is 23.2 Å². The number of allylic oxidation sites excluding steroid dienone is 4. The molecule has 24 heavy (non-hydrogen) atoms. The topological polar surface area (TPSA) is 71.8 Å². The first-order valence-corrected chi connectivity index (χ1v) is 8.30. The molecule has 3 rings (SSSR count). The highest BCUT2D eigenvalue weighted by molar-refractivity contribution is 6.44. The van der Waals surface area contributed by atoms with Crippen LogP contribution in [-0.2, 0) is 4.79 Å². The molecule has 0 bridgehead atoms. The Kier molecular flexibility index (Phi) is 10.3. The number of hydrogen-bond acceptors (Lipinski definition) is 2. The summed E-state index contributed by atoms with van der Waals surface area (Å²) in [5.74, 6) is 0.0210. The van der Waals surface area contributed by atoms with Gasteiger partial charge >= 0.3 is 0 Å². The van der Waals surface area contributed by atoms with Gasteiger partial charge in [0.2, 0.25) is 5.91 Å². The number of primary amides is 1. The summed E-state index contributed by atoms with van der Waals surface area (Å²) >= 11 is 11.6. The molecule has 1 aromatic carbocycles. The molecule has 0 saturated carbocycles. The van der Waals surface area contributed by atoms with Gasteiger partial charge in [-0.1, -0.05) is 71.8 Å². The number of rotatable bonds is 3. The Morgan fingerprint density at radius 1 is 1.12 bits per heavy atom. The van der Waals surface area contributed by atoms with Crippen molar-refractivity contribution in [1.29, 1.82) is 0 Å². The highest BCUT2D eigenvalue weighted by atomic mass is 35.5. The van der Waals surface area contributed by atoms with Crippen LogP contribution in [0.2, 0.25) is 0 Å². The van der Waals surface area contributed by atoms with E-state index in [2.05, 4.69) is 10.2 Å². The van der Waals surface area contributed by atoms with E-state index in [0.29, 0.717) is 22.4 Å². The minimum absolute atomic E-state index is 0.273. The van der Waals surface area contributed by atoms with Gasteiger partial charge in [0.05, 0.1) is 10.1 Å². The minimum Gasteiger partial charge on any atom is -0.370 e. The van der Waals surface area contributed by atoms with Crippen molar-refractivity contribution >= 4 is 29.1 Å². The van der Waals surface area contributed by atoms with E-state index >= 15 is 0 Å². The molecule has 1 unspecified atom stereocenters. The second-order valence-electron chi connectivity index (χ2n) is 4.99. The molecule has 6 heteroatoms. The maximum Gasteiger partial charge on any atom is 0.217 e. The van der Waals surface area contributed by atoms with Crippen LogP contribution in [-0.4, -0.2) is 16.1 Å². The lowest BCUT2D eigenvalue weighted by atomic mass is 9.95. The molecule has 0 fully saturated rings. The van der Waals surface area contributed by atoms with Gasteiger partial charge in [0.1, 0.15) is 0 Å². The number of carbonyl (C=O) groups excluding carboxylic acids is 1. The molecule has 1 atom stereocenters. The summed E-state index contributed by atoms with van der Waals surface area (Å²) in [5, 5.41) is 7.37. The third kappa shape index (κ3) is 9.87. The highest BCUT2D eigenvalue weighted by Crippen LogP contribution is 2.30. The van der Waals surface area contributed by atoms with Crippen molar-refractivity contribution in [1.82, 2.24) is 10.2 Å². The average molecular weight is 366 g/mol. The first kappa shape index (κ1) is 20.0. The Hall–Kier alpha value is -2.04. The van der Waals surface area contributed by atoms with Gasteiger partial charge in [-0.25, -0.2) is 0 Å². The third-order valence-corrected chi connectivity index (χ3v) is 3.83. The van der Waals surface area contributed by atoms with E-state index in [4.69, 9.17) is 28.9 Å². The first-order valence-electron chi connectivity index (χ1n) is 7.55. The summed E-state index contributed by atoms with van der Waals surface area (Å²) in [6.45, 7) is 0. The summed E-state index contributed by atoms with van der Waals surface area (Å²) in [6, 6.07) is 13.8. The summed E-state index contributed by atoms with van der Waals surface area (Å²) in [5.41, 5.74) is 5.04. The zero-order chi connectivity index (χ0) is 17.6. The molecule has 128 valence electrons. The summed E-state index contributed by atoms with van der Waals surface area (Å²) in [7, 11) is 0. The molecular weight excluding hydrogens is 345 g/mol. The monoisotopic (exact) mass is 365 g/mol. The summed E-state index contributed by atoms with van der Waals surface area (Å²) in [6.07, 6.45) is 9.19. The summed E-state index contributed by atoms with van der Waals surface area (Å²) in [4.78, 5) is 10.5. The predicted octanol–water partition coefficient (Wildman–Crippen LogP) is 4.61. The molecule has 1 heterocycles. The van der Waals surface area contributed by atoms with Crippen LogP contribution < -0.4 is 5.73 Å². The number of nitrogens with zero attached hydrogens (tertiary/aromatic N) is 1. The van der Waals surface area contributed by atoms with Gasteiger partial charge in [-0.15, -0.1) is 0 Å². The van der Waals surface area contributed by atoms with Crippen LogP contribution in [0.3, 0.4) is 0 Å². The SMILES string of the molecule is NC(=O)CCC1C=C(Cl)C(Cl)=CC1.c1ccccc1.c1cn[nH]c1. The minimum atomic E-state index is -0.273. The number of amides is 1. The number of carbonyl (C=O) groups is 1. The Bertz CT molecular complexity index is 581. The van der Waals surface area contributed by atoms with Crippen molar-refractivity contribution in [3.8, 4) is 0 Å². The van der Waals surface area contributed by atoms with E-state index in [9.17, 15) is 4.79 Å². The normalized spacial score (nSPS) is 15.7. The molecule has 0 aliphatic heterocycles. The highest BCUT2D eigenvalue weighted by Gasteiger charge is 2.13. The maximum atomic E-state index is 10.5. The third-order valence-electron chi connectivity index (χ3n) is 3.04. The van der Waals surface area contributed by atoms with Crippen LogP contribution in [0, 0.1) is 5.92 Å². The quantitative estimate of drug-likeness (QED) is 0.832. The van der Waals surface area contributed by atoms with Gasteiger partial charge < -0.3 is 5.73 Å². The van der Waals surface area contributed by atoms with E-state index in [1.807, 2.05) is 54.6 Å². The zero-order valence-electron chi connectivity index (χ0n) is 13.2. The molecule has 1 aliphatic rings.